The zero-order chi connectivity index (χ0) is 25.9. The van der Waals surface area contributed by atoms with E-state index < -0.39 is 0 Å². The molecule has 0 spiro atoms. The number of nitrogens with zero attached hydrogens (tertiary/aromatic N) is 5. The van der Waals surface area contributed by atoms with Crippen LogP contribution in [0.15, 0.2) is 48.8 Å². The number of likely N-dealkylation sites (N-methyl/N-ethyl adjacent to an activating group) is 1. The zero-order valence-electron chi connectivity index (χ0n) is 20.7. The summed E-state index contributed by atoms with van der Waals surface area (Å²) in [6.07, 6.45) is 3.67. The van der Waals surface area contributed by atoms with Crippen molar-refractivity contribution in [2.75, 3.05) is 63.1 Å². The minimum atomic E-state index is -0.0523. The molecule has 9 nitrogen and oxygen atoms in total. The Morgan fingerprint density at radius 3 is 2.81 bits per heavy atom. The average molecular weight is 542 g/mol. The summed E-state index contributed by atoms with van der Waals surface area (Å²) < 4.78 is 6.90. The van der Waals surface area contributed by atoms with Gasteiger partial charge in [0.25, 0.3) is 11.9 Å². The Morgan fingerprint density at radius 1 is 1.19 bits per heavy atom. The number of amides is 1. The van der Waals surface area contributed by atoms with E-state index in [9.17, 15) is 10.0 Å². The maximum Gasteiger partial charge on any atom is 0.267 e. The molecule has 3 aromatic rings. The standard InChI is InChI=1S/C26H30ClN6O3P/c1-30-8-10-31(11-9-30)7-5-26(34)29-25-15-19(4-6-28-25)32-12-13-36-23-17-33(35)21(16-22(23)32)20-14-18(27)2-3-24(20)37/h2-4,6,14-17H,5,7-13,37H2,1H3,(H-,28,29,34,35)/p+1. The normalized spacial score (nSPS) is 16.2. The number of benzene rings is 1. The molecule has 2 aliphatic heterocycles. The van der Waals surface area contributed by atoms with E-state index in [4.69, 9.17) is 16.3 Å². The second-order valence-corrected chi connectivity index (χ2v) is 10.4. The lowest BCUT2D eigenvalue weighted by Gasteiger charge is -2.32. The van der Waals surface area contributed by atoms with Gasteiger partial charge in [-0.2, -0.15) is 0 Å². The molecule has 2 N–H and O–H groups in total. The number of ether oxygens (including phenoxy) is 1. The van der Waals surface area contributed by atoms with Crippen LogP contribution in [0.1, 0.15) is 6.42 Å². The highest BCUT2D eigenvalue weighted by Gasteiger charge is 2.28. The number of nitrogens with one attached hydrogen (secondary N) is 1. The molecule has 1 saturated heterocycles. The van der Waals surface area contributed by atoms with Crippen LogP contribution >= 0.6 is 20.8 Å². The molecule has 0 bridgehead atoms. The van der Waals surface area contributed by atoms with Crippen molar-refractivity contribution in [1.82, 2.24) is 14.8 Å². The summed E-state index contributed by atoms with van der Waals surface area (Å²) in [5, 5.41) is 15.1. The second kappa shape index (κ2) is 11.2. The first-order valence-corrected chi connectivity index (χ1v) is 13.2. The van der Waals surface area contributed by atoms with E-state index in [0.717, 1.165) is 59.7 Å². The van der Waals surface area contributed by atoms with Gasteiger partial charge >= 0.3 is 0 Å². The Morgan fingerprint density at radius 2 is 2.00 bits per heavy atom. The third-order valence-electron chi connectivity index (χ3n) is 6.74. The average Bonchev–Trinajstić information content (AvgIpc) is 2.89. The number of aromatic nitrogens is 2. The largest absolute Gasteiger partial charge is 0.484 e. The quantitative estimate of drug-likeness (QED) is 0.282. The SMILES string of the molecule is CN1CCN(CCC(=O)Nc2cc(N3CCOc4c[n+](O)c(-c5cc(Cl)ccc5P)cc43)ccn2)CC1. The summed E-state index contributed by atoms with van der Waals surface area (Å²) in [5.41, 5.74) is 3.03. The van der Waals surface area contributed by atoms with Gasteiger partial charge in [0.2, 0.25) is 11.7 Å². The topological polar surface area (TPSA) is 85.0 Å². The number of anilines is 3. The third-order valence-corrected chi connectivity index (χ3v) is 7.48. The van der Waals surface area contributed by atoms with Crippen molar-refractivity contribution in [1.29, 1.82) is 0 Å². The Bertz CT molecular complexity index is 1300. The number of carbonyl (C=O) groups is 1. The van der Waals surface area contributed by atoms with Gasteiger partial charge < -0.3 is 24.8 Å². The second-order valence-electron chi connectivity index (χ2n) is 9.33. The molecule has 1 fully saturated rings. The first-order chi connectivity index (χ1) is 17.9. The molecule has 0 aliphatic carbocycles. The molecule has 2 aromatic heterocycles. The van der Waals surface area contributed by atoms with Crippen LogP contribution in [-0.4, -0.2) is 78.8 Å². The van der Waals surface area contributed by atoms with Crippen molar-refractivity contribution < 1.29 is 19.5 Å². The van der Waals surface area contributed by atoms with Crippen molar-refractivity contribution >= 4 is 49.2 Å². The number of hydrogen-bond donors (Lipinski definition) is 2. The van der Waals surface area contributed by atoms with Crippen LogP contribution in [0.4, 0.5) is 17.2 Å². The zero-order valence-corrected chi connectivity index (χ0v) is 22.6. The molecule has 5 rings (SSSR count). The number of piperazine rings is 1. The summed E-state index contributed by atoms with van der Waals surface area (Å²) >= 11 is 6.24. The van der Waals surface area contributed by atoms with Crippen LogP contribution in [0.25, 0.3) is 11.3 Å². The smallest absolute Gasteiger partial charge is 0.267 e. The third kappa shape index (κ3) is 5.96. The lowest BCUT2D eigenvalue weighted by atomic mass is 10.1. The highest BCUT2D eigenvalue weighted by atomic mass is 35.5. The van der Waals surface area contributed by atoms with E-state index >= 15 is 0 Å². The van der Waals surface area contributed by atoms with Crippen molar-refractivity contribution in [2.24, 2.45) is 0 Å². The fourth-order valence-electron chi connectivity index (χ4n) is 4.61. The molecule has 194 valence electrons. The van der Waals surface area contributed by atoms with Crippen molar-refractivity contribution in [3.05, 3.63) is 53.8 Å². The highest BCUT2D eigenvalue weighted by Crippen LogP contribution is 2.38. The minimum absolute atomic E-state index is 0.0523. The van der Waals surface area contributed by atoms with E-state index in [2.05, 4.69) is 41.3 Å². The Kier molecular flexibility index (Phi) is 7.76. The highest BCUT2D eigenvalue weighted by molar-refractivity contribution is 7.28. The Hall–Kier alpha value is -2.97. The number of pyridine rings is 2. The van der Waals surface area contributed by atoms with Crippen LogP contribution in [0.5, 0.6) is 5.75 Å². The maximum atomic E-state index is 12.6. The van der Waals surface area contributed by atoms with Crippen LogP contribution in [-0.2, 0) is 4.79 Å². The molecule has 4 heterocycles. The van der Waals surface area contributed by atoms with Crippen molar-refractivity contribution in [3.8, 4) is 17.0 Å². The number of carbonyl (C=O) groups excluding carboxylic acids is 1. The van der Waals surface area contributed by atoms with Gasteiger partial charge in [0.05, 0.1) is 17.8 Å². The van der Waals surface area contributed by atoms with E-state index in [1.807, 2.05) is 30.3 Å². The summed E-state index contributed by atoms with van der Waals surface area (Å²) in [6.45, 7) is 5.81. The molecular formula is C26H31ClN6O3P+. The van der Waals surface area contributed by atoms with Gasteiger partial charge in [0, 0.05) is 72.9 Å². The van der Waals surface area contributed by atoms with Crippen LogP contribution in [0.3, 0.4) is 0 Å². The Balaban J connectivity index is 1.34. The van der Waals surface area contributed by atoms with Gasteiger partial charge in [-0.3, -0.25) is 10.0 Å². The Labute approximate surface area is 223 Å². The van der Waals surface area contributed by atoms with E-state index in [1.165, 1.54) is 0 Å². The number of halogens is 1. The summed E-state index contributed by atoms with van der Waals surface area (Å²) in [4.78, 5) is 23.7. The lowest BCUT2D eigenvalue weighted by molar-refractivity contribution is -0.896. The van der Waals surface area contributed by atoms with E-state index in [0.29, 0.717) is 41.9 Å². The number of fused-ring (bicyclic) bond motifs is 1. The molecule has 1 amide bonds. The molecule has 0 saturated carbocycles. The molecule has 0 radical (unpaired) electrons. The van der Waals surface area contributed by atoms with E-state index in [1.54, 1.807) is 18.5 Å². The summed E-state index contributed by atoms with van der Waals surface area (Å²) in [7, 11) is 4.79. The van der Waals surface area contributed by atoms with E-state index in [-0.39, 0.29) is 5.91 Å². The molecule has 2 aliphatic rings. The van der Waals surface area contributed by atoms with Gasteiger partial charge in [0.1, 0.15) is 12.4 Å². The van der Waals surface area contributed by atoms with Crippen LogP contribution in [0.2, 0.25) is 5.02 Å². The molecular weight excluding hydrogens is 511 g/mol. The van der Waals surface area contributed by atoms with Crippen LogP contribution in [0, 0.1) is 0 Å². The van der Waals surface area contributed by atoms with Gasteiger partial charge in [-0.25, -0.2) is 4.98 Å². The summed E-state index contributed by atoms with van der Waals surface area (Å²) in [6, 6.07) is 11.1. The lowest BCUT2D eigenvalue weighted by Crippen LogP contribution is -2.45. The first-order valence-electron chi connectivity index (χ1n) is 12.3. The van der Waals surface area contributed by atoms with Gasteiger partial charge in [-0.15, -0.1) is 9.24 Å². The molecule has 1 unspecified atom stereocenters. The minimum Gasteiger partial charge on any atom is -0.484 e. The maximum absolute atomic E-state index is 12.6. The fourth-order valence-corrected chi connectivity index (χ4v) is 5.11. The predicted molar refractivity (Wildman–Crippen MR) is 148 cm³/mol. The van der Waals surface area contributed by atoms with Crippen LogP contribution < -0.4 is 25.0 Å². The molecule has 37 heavy (non-hydrogen) atoms. The molecule has 1 atom stereocenters. The van der Waals surface area contributed by atoms with Crippen molar-refractivity contribution in [3.63, 3.8) is 0 Å². The number of hydrogen-bond acceptors (Lipinski definition) is 7. The molecule has 1 aromatic carbocycles. The summed E-state index contributed by atoms with van der Waals surface area (Å²) in [5.74, 6) is 1.01. The molecule has 11 heteroatoms. The van der Waals surface area contributed by atoms with Crippen molar-refractivity contribution in [2.45, 2.75) is 6.42 Å². The van der Waals surface area contributed by atoms with Gasteiger partial charge in [-0.1, -0.05) is 17.7 Å². The monoisotopic (exact) mass is 541 g/mol. The number of rotatable bonds is 6. The van der Waals surface area contributed by atoms with Gasteiger partial charge in [-0.05, 0) is 30.6 Å². The predicted octanol–water partition coefficient (Wildman–Crippen LogP) is 2.53. The fraction of sp³-hybridized carbons (Fsp3) is 0.346. The van der Waals surface area contributed by atoms with Gasteiger partial charge in [0.15, 0.2) is 0 Å². The first kappa shape index (κ1) is 25.7.